The van der Waals surface area contributed by atoms with Gasteiger partial charge in [0, 0.05) is 22.9 Å². The average Bonchev–Trinajstić information content (AvgIpc) is 3.48. The molecule has 36 heavy (non-hydrogen) atoms. The van der Waals surface area contributed by atoms with Gasteiger partial charge in [-0.15, -0.1) is 0 Å². The van der Waals surface area contributed by atoms with Crippen molar-refractivity contribution >= 4 is 52.0 Å². The van der Waals surface area contributed by atoms with E-state index in [0.717, 1.165) is 33.4 Å². The van der Waals surface area contributed by atoms with Crippen LogP contribution in [0.1, 0.15) is 22.5 Å². The van der Waals surface area contributed by atoms with Gasteiger partial charge >= 0.3 is 0 Å². The van der Waals surface area contributed by atoms with E-state index in [0.29, 0.717) is 38.7 Å². The molecule has 0 atom stereocenters. The molecule has 180 valence electrons. The number of furan rings is 1. The Kier molecular flexibility index (Phi) is 6.44. The number of hydrogen-bond donors (Lipinski definition) is 1. The predicted octanol–water partition coefficient (Wildman–Crippen LogP) is 8.64. The van der Waals surface area contributed by atoms with Gasteiger partial charge in [-0.05, 0) is 86.0 Å². The molecule has 0 unspecified atom stereocenters. The van der Waals surface area contributed by atoms with Gasteiger partial charge in [0.1, 0.15) is 17.0 Å². The number of anilines is 1. The fraction of sp³-hybridized carbons (Fsp3) is 0.103. The molecule has 0 saturated carbocycles. The van der Waals surface area contributed by atoms with E-state index >= 15 is 0 Å². The lowest BCUT2D eigenvalue weighted by Crippen LogP contribution is -2.09. The molecule has 5 nitrogen and oxygen atoms in total. The summed E-state index contributed by atoms with van der Waals surface area (Å²) in [5, 5.41) is 3.79. The number of nitrogens with zero attached hydrogens (tertiary/aromatic N) is 1. The van der Waals surface area contributed by atoms with Crippen LogP contribution in [0.5, 0.6) is 0 Å². The summed E-state index contributed by atoms with van der Waals surface area (Å²) in [5.41, 5.74) is 6.79. The molecule has 5 rings (SSSR count). The fourth-order valence-electron chi connectivity index (χ4n) is 4.00. The van der Waals surface area contributed by atoms with Gasteiger partial charge < -0.3 is 14.2 Å². The minimum absolute atomic E-state index is 0.293. The first-order chi connectivity index (χ1) is 17.3. The van der Waals surface area contributed by atoms with Crippen molar-refractivity contribution in [3.8, 4) is 22.8 Å². The number of halogens is 2. The van der Waals surface area contributed by atoms with E-state index in [4.69, 9.17) is 32.0 Å². The Bertz CT molecular complexity index is 1650. The van der Waals surface area contributed by atoms with E-state index in [1.54, 1.807) is 30.3 Å². The highest BCUT2D eigenvalue weighted by Crippen LogP contribution is 2.34. The number of aryl methyl sites for hydroxylation is 3. The van der Waals surface area contributed by atoms with Gasteiger partial charge in [0.15, 0.2) is 5.58 Å². The first-order valence-corrected chi connectivity index (χ1v) is 12.1. The maximum Gasteiger partial charge on any atom is 0.248 e. The van der Waals surface area contributed by atoms with E-state index in [1.807, 2.05) is 51.1 Å². The molecule has 3 aromatic carbocycles. The van der Waals surface area contributed by atoms with Gasteiger partial charge in [-0.2, -0.15) is 0 Å². The number of carbonyl (C=O) groups excluding carboxylic acids is 1. The molecule has 2 aromatic heterocycles. The quantitative estimate of drug-likeness (QED) is 0.237. The third kappa shape index (κ3) is 4.81. The summed E-state index contributed by atoms with van der Waals surface area (Å²) >= 11 is 12.4. The topological polar surface area (TPSA) is 68.3 Å². The third-order valence-corrected chi connectivity index (χ3v) is 6.62. The molecular weight excluding hydrogens is 495 g/mol. The molecule has 5 aromatic rings. The standard InChI is InChI=1S/C29H22Cl2N2O3/c1-16-13-18(3)28-24(14-16)33-29(36-28)19-8-7-17(2)23(15-19)32-26(34)12-10-20-9-11-25(35-20)21-5-4-6-22(30)27(21)31/h4-15H,1-3H3,(H,32,34). The second kappa shape index (κ2) is 9.69. The number of aromatic nitrogens is 1. The van der Waals surface area contributed by atoms with Gasteiger partial charge in [0.25, 0.3) is 0 Å². The average molecular weight is 517 g/mol. The van der Waals surface area contributed by atoms with Crippen LogP contribution in [0.25, 0.3) is 40.0 Å². The molecule has 0 aliphatic heterocycles. The minimum atomic E-state index is -0.293. The van der Waals surface area contributed by atoms with Crippen LogP contribution < -0.4 is 5.32 Å². The summed E-state index contributed by atoms with van der Waals surface area (Å²) in [5.74, 6) is 1.29. The van der Waals surface area contributed by atoms with E-state index < -0.39 is 0 Å². The van der Waals surface area contributed by atoms with Gasteiger partial charge in [0.2, 0.25) is 11.8 Å². The van der Waals surface area contributed by atoms with Crippen molar-refractivity contribution in [2.45, 2.75) is 20.8 Å². The van der Waals surface area contributed by atoms with Crippen LogP contribution in [-0.4, -0.2) is 10.9 Å². The smallest absolute Gasteiger partial charge is 0.248 e. The monoisotopic (exact) mass is 516 g/mol. The number of fused-ring (bicyclic) bond motifs is 1. The molecule has 7 heteroatoms. The van der Waals surface area contributed by atoms with Crippen molar-refractivity contribution in [1.82, 2.24) is 4.98 Å². The van der Waals surface area contributed by atoms with Crippen LogP contribution in [0.15, 0.2) is 75.6 Å². The summed E-state index contributed by atoms with van der Waals surface area (Å²) in [7, 11) is 0. The molecule has 0 spiro atoms. The molecule has 0 bridgehead atoms. The van der Waals surface area contributed by atoms with Crippen LogP contribution >= 0.6 is 23.2 Å². The Morgan fingerprint density at radius 3 is 2.61 bits per heavy atom. The molecule has 0 aliphatic rings. The Morgan fingerprint density at radius 2 is 1.78 bits per heavy atom. The molecule has 2 heterocycles. The highest BCUT2D eigenvalue weighted by atomic mass is 35.5. The van der Waals surface area contributed by atoms with E-state index in [2.05, 4.69) is 16.4 Å². The van der Waals surface area contributed by atoms with E-state index in [9.17, 15) is 4.79 Å². The highest BCUT2D eigenvalue weighted by Gasteiger charge is 2.13. The molecule has 0 saturated heterocycles. The largest absolute Gasteiger partial charge is 0.457 e. The van der Waals surface area contributed by atoms with Gasteiger partial charge in [-0.25, -0.2) is 4.98 Å². The van der Waals surface area contributed by atoms with Crippen LogP contribution in [0.4, 0.5) is 5.69 Å². The summed E-state index contributed by atoms with van der Waals surface area (Å²) in [6, 6.07) is 18.7. The summed E-state index contributed by atoms with van der Waals surface area (Å²) in [4.78, 5) is 17.3. The van der Waals surface area contributed by atoms with Crippen LogP contribution in [0.2, 0.25) is 10.0 Å². The second-order valence-electron chi connectivity index (χ2n) is 8.60. The second-order valence-corrected chi connectivity index (χ2v) is 9.39. The van der Waals surface area contributed by atoms with Crippen molar-refractivity contribution in [3.63, 3.8) is 0 Å². The summed E-state index contributed by atoms with van der Waals surface area (Å²) in [6.45, 7) is 5.96. The number of amides is 1. The van der Waals surface area contributed by atoms with Crippen molar-refractivity contribution in [3.05, 3.63) is 99.2 Å². The molecule has 1 N–H and O–H groups in total. The number of carbonyl (C=O) groups is 1. The number of nitrogens with one attached hydrogen (secondary N) is 1. The van der Waals surface area contributed by atoms with Crippen LogP contribution in [0.3, 0.4) is 0 Å². The molecule has 1 amide bonds. The predicted molar refractivity (Wildman–Crippen MR) is 145 cm³/mol. The fourth-order valence-corrected chi connectivity index (χ4v) is 4.40. The lowest BCUT2D eigenvalue weighted by atomic mass is 10.1. The Labute approximate surface area is 218 Å². The van der Waals surface area contributed by atoms with Gasteiger partial charge in [-0.3, -0.25) is 4.79 Å². The number of oxazole rings is 1. The minimum Gasteiger partial charge on any atom is -0.457 e. The van der Waals surface area contributed by atoms with Crippen LogP contribution in [0, 0.1) is 20.8 Å². The zero-order valence-corrected chi connectivity index (χ0v) is 21.4. The highest BCUT2D eigenvalue weighted by molar-refractivity contribution is 6.43. The maximum absolute atomic E-state index is 12.7. The number of benzene rings is 3. The zero-order chi connectivity index (χ0) is 25.4. The first-order valence-electron chi connectivity index (χ1n) is 11.3. The maximum atomic E-state index is 12.7. The van der Waals surface area contributed by atoms with Gasteiger partial charge in [-0.1, -0.05) is 41.4 Å². The van der Waals surface area contributed by atoms with Crippen molar-refractivity contribution in [2.75, 3.05) is 5.32 Å². The number of hydrogen-bond acceptors (Lipinski definition) is 4. The number of rotatable bonds is 5. The molecule has 0 aliphatic carbocycles. The lowest BCUT2D eigenvalue weighted by molar-refractivity contribution is -0.111. The van der Waals surface area contributed by atoms with Crippen molar-refractivity contribution in [1.29, 1.82) is 0 Å². The van der Waals surface area contributed by atoms with Crippen LogP contribution in [-0.2, 0) is 4.79 Å². The Hall–Kier alpha value is -3.80. The van der Waals surface area contributed by atoms with Crippen molar-refractivity contribution in [2.24, 2.45) is 0 Å². The van der Waals surface area contributed by atoms with E-state index in [-0.39, 0.29) is 5.91 Å². The SMILES string of the molecule is Cc1cc(C)c2oc(-c3ccc(C)c(NC(=O)C=Cc4ccc(-c5cccc(Cl)c5Cl)o4)c3)nc2c1. The third-order valence-electron chi connectivity index (χ3n) is 5.81. The lowest BCUT2D eigenvalue weighted by Gasteiger charge is -2.08. The summed E-state index contributed by atoms with van der Waals surface area (Å²) in [6.07, 6.45) is 3.02. The van der Waals surface area contributed by atoms with E-state index in [1.165, 1.54) is 6.08 Å². The Balaban J connectivity index is 1.34. The molecule has 0 fully saturated rings. The zero-order valence-electron chi connectivity index (χ0n) is 19.9. The first kappa shape index (κ1) is 23.9. The summed E-state index contributed by atoms with van der Waals surface area (Å²) < 4.78 is 11.9. The molecular formula is C29H22Cl2N2O3. The molecule has 0 radical (unpaired) electrons. The normalized spacial score (nSPS) is 11.5. The van der Waals surface area contributed by atoms with Gasteiger partial charge in [0.05, 0.1) is 10.0 Å². The Morgan fingerprint density at radius 1 is 0.944 bits per heavy atom. The van der Waals surface area contributed by atoms with Crippen molar-refractivity contribution < 1.29 is 13.6 Å².